The van der Waals surface area contributed by atoms with Gasteiger partial charge in [-0.3, -0.25) is 4.90 Å². The summed E-state index contributed by atoms with van der Waals surface area (Å²) < 4.78 is 0. The van der Waals surface area contributed by atoms with Gasteiger partial charge in [-0.25, -0.2) is 0 Å². The van der Waals surface area contributed by atoms with Gasteiger partial charge in [-0.15, -0.1) is 0 Å². The molecule has 1 N–H and O–H groups in total. The van der Waals surface area contributed by atoms with Crippen LogP contribution in [0.2, 0.25) is 0 Å². The Morgan fingerprint density at radius 1 is 1.14 bits per heavy atom. The summed E-state index contributed by atoms with van der Waals surface area (Å²) in [5.74, 6) is 0.531. The maximum atomic E-state index is 10.8. The molecule has 3 nitrogen and oxygen atoms in total. The minimum Gasteiger partial charge on any atom is -0.387 e. The molecular formula is C18H28N2O. The number of benzene rings is 1. The minimum absolute atomic E-state index is 0.253. The SMILES string of the molecule is CC1CC(N(C)C2CCN(C)CC2)C(O)c2ccccc21. The highest BCUT2D eigenvalue weighted by molar-refractivity contribution is 5.35. The Morgan fingerprint density at radius 2 is 1.76 bits per heavy atom. The van der Waals surface area contributed by atoms with Crippen LogP contribution in [-0.2, 0) is 0 Å². The maximum Gasteiger partial charge on any atom is 0.0948 e. The molecule has 3 rings (SSSR count). The lowest BCUT2D eigenvalue weighted by molar-refractivity contribution is 0.00832. The van der Waals surface area contributed by atoms with Gasteiger partial charge >= 0.3 is 0 Å². The first-order valence-corrected chi connectivity index (χ1v) is 8.25. The molecule has 21 heavy (non-hydrogen) atoms. The Bertz CT molecular complexity index is 482. The molecule has 116 valence electrons. The fourth-order valence-electron chi connectivity index (χ4n) is 4.12. The number of fused-ring (bicyclic) bond motifs is 1. The first kappa shape index (κ1) is 15.0. The van der Waals surface area contributed by atoms with Crippen molar-refractivity contribution >= 4 is 0 Å². The van der Waals surface area contributed by atoms with Crippen molar-refractivity contribution < 1.29 is 5.11 Å². The van der Waals surface area contributed by atoms with Crippen LogP contribution in [0.15, 0.2) is 24.3 Å². The third kappa shape index (κ3) is 2.87. The Hall–Kier alpha value is -0.900. The molecule has 2 aliphatic rings. The smallest absolute Gasteiger partial charge is 0.0948 e. The van der Waals surface area contributed by atoms with E-state index < -0.39 is 0 Å². The molecule has 0 amide bonds. The van der Waals surface area contributed by atoms with Crippen molar-refractivity contribution in [2.75, 3.05) is 27.2 Å². The topological polar surface area (TPSA) is 26.7 Å². The average molecular weight is 288 g/mol. The van der Waals surface area contributed by atoms with E-state index in [2.05, 4.69) is 49.0 Å². The summed E-state index contributed by atoms with van der Waals surface area (Å²) in [6.07, 6.45) is 3.14. The van der Waals surface area contributed by atoms with E-state index in [-0.39, 0.29) is 12.1 Å². The molecule has 1 aliphatic carbocycles. The summed E-state index contributed by atoms with van der Waals surface area (Å²) in [5.41, 5.74) is 2.47. The van der Waals surface area contributed by atoms with Crippen molar-refractivity contribution in [1.29, 1.82) is 0 Å². The van der Waals surface area contributed by atoms with Gasteiger partial charge in [-0.05, 0) is 63.5 Å². The molecule has 0 bridgehead atoms. The fourth-order valence-corrected chi connectivity index (χ4v) is 4.12. The molecule has 3 atom stereocenters. The lowest BCUT2D eigenvalue weighted by Gasteiger charge is -2.44. The van der Waals surface area contributed by atoms with Crippen LogP contribution in [0.25, 0.3) is 0 Å². The molecule has 1 aromatic rings. The van der Waals surface area contributed by atoms with Crippen molar-refractivity contribution in [1.82, 2.24) is 9.80 Å². The van der Waals surface area contributed by atoms with Gasteiger partial charge in [-0.1, -0.05) is 31.2 Å². The normalized spacial score (nSPS) is 31.4. The number of rotatable bonds is 2. The summed E-state index contributed by atoms with van der Waals surface area (Å²) in [4.78, 5) is 4.86. The molecule has 3 unspecified atom stereocenters. The predicted molar refractivity (Wildman–Crippen MR) is 86.5 cm³/mol. The molecule has 1 heterocycles. The van der Waals surface area contributed by atoms with E-state index in [9.17, 15) is 5.11 Å². The summed E-state index contributed by atoms with van der Waals surface area (Å²) in [7, 11) is 4.41. The number of hydrogen-bond donors (Lipinski definition) is 1. The van der Waals surface area contributed by atoms with Crippen LogP contribution in [0.5, 0.6) is 0 Å². The highest BCUT2D eigenvalue weighted by Gasteiger charge is 2.36. The number of likely N-dealkylation sites (tertiary alicyclic amines) is 1. The van der Waals surface area contributed by atoms with Gasteiger partial charge in [0.05, 0.1) is 6.10 Å². The van der Waals surface area contributed by atoms with Crippen LogP contribution in [-0.4, -0.2) is 54.2 Å². The second-order valence-corrected chi connectivity index (χ2v) is 6.98. The predicted octanol–water partition coefficient (Wildman–Crippen LogP) is 2.62. The van der Waals surface area contributed by atoms with Crippen molar-refractivity contribution in [2.24, 2.45) is 0 Å². The standard InChI is InChI=1S/C18H28N2O/c1-13-12-17(18(21)16-7-5-4-6-15(13)16)20(3)14-8-10-19(2)11-9-14/h4-7,13-14,17-18,21H,8-12H2,1-3H3. The molecule has 1 fully saturated rings. The molecule has 3 heteroatoms. The molecule has 0 radical (unpaired) electrons. The van der Waals surface area contributed by atoms with Gasteiger partial charge in [-0.2, -0.15) is 0 Å². The quantitative estimate of drug-likeness (QED) is 0.906. The van der Waals surface area contributed by atoms with Crippen LogP contribution >= 0.6 is 0 Å². The Balaban J connectivity index is 1.77. The van der Waals surface area contributed by atoms with E-state index >= 15 is 0 Å². The van der Waals surface area contributed by atoms with Gasteiger partial charge < -0.3 is 10.0 Å². The number of hydrogen-bond acceptors (Lipinski definition) is 3. The van der Waals surface area contributed by atoms with E-state index in [1.54, 1.807) is 0 Å². The zero-order valence-corrected chi connectivity index (χ0v) is 13.5. The first-order valence-electron chi connectivity index (χ1n) is 8.25. The zero-order chi connectivity index (χ0) is 15.0. The van der Waals surface area contributed by atoms with Crippen LogP contribution in [0.3, 0.4) is 0 Å². The van der Waals surface area contributed by atoms with E-state index in [1.165, 1.54) is 31.5 Å². The number of likely N-dealkylation sites (N-methyl/N-ethyl adjacent to an activating group) is 1. The molecule has 0 spiro atoms. The Morgan fingerprint density at radius 3 is 2.43 bits per heavy atom. The maximum absolute atomic E-state index is 10.8. The number of aliphatic hydroxyl groups is 1. The lowest BCUT2D eigenvalue weighted by Crippen LogP contribution is -2.49. The lowest BCUT2D eigenvalue weighted by atomic mass is 9.78. The second-order valence-electron chi connectivity index (χ2n) is 6.98. The fraction of sp³-hybridized carbons (Fsp3) is 0.667. The van der Waals surface area contributed by atoms with Crippen molar-refractivity contribution in [3.05, 3.63) is 35.4 Å². The van der Waals surface area contributed by atoms with Crippen LogP contribution in [0.4, 0.5) is 0 Å². The Kier molecular flexibility index (Phi) is 4.34. The molecule has 0 aromatic heterocycles. The first-order chi connectivity index (χ1) is 10.1. The molecular weight excluding hydrogens is 260 g/mol. The third-order valence-electron chi connectivity index (χ3n) is 5.59. The number of aliphatic hydroxyl groups excluding tert-OH is 1. The number of nitrogens with zero attached hydrogens (tertiary/aromatic N) is 2. The van der Waals surface area contributed by atoms with Crippen molar-refractivity contribution in [3.63, 3.8) is 0 Å². The zero-order valence-electron chi connectivity index (χ0n) is 13.5. The molecule has 0 saturated carbocycles. The second kappa shape index (κ2) is 6.07. The Labute approximate surface area is 128 Å². The van der Waals surface area contributed by atoms with E-state index in [0.717, 1.165) is 12.0 Å². The summed E-state index contributed by atoms with van der Waals surface area (Å²) >= 11 is 0. The van der Waals surface area contributed by atoms with Gasteiger partial charge in [0.25, 0.3) is 0 Å². The summed E-state index contributed by atoms with van der Waals surface area (Å²) in [6.45, 7) is 4.63. The molecule has 1 saturated heterocycles. The highest BCUT2D eigenvalue weighted by atomic mass is 16.3. The largest absolute Gasteiger partial charge is 0.387 e. The van der Waals surface area contributed by atoms with Gasteiger partial charge in [0.2, 0.25) is 0 Å². The van der Waals surface area contributed by atoms with Gasteiger partial charge in [0.1, 0.15) is 0 Å². The monoisotopic (exact) mass is 288 g/mol. The summed E-state index contributed by atoms with van der Waals surface area (Å²) in [6, 6.07) is 9.28. The highest BCUT2D eigenvalue weighted by Crippen LogP contribution is 2.40. The van der Waals surface area contributed by atoms with Crippen molar-refractivity contribution in [2.45, 2.75) is 50.3 Å². The minimum atomic E-state index is -0.345. The van der Waals surface area contributed by atoms with Crippen LogP contribution in [0.1, 0.15) is 49.3 Å². The molecule has 1 aliphatic heterocycles. The molecule has 1 aromatic carbocycles. The van der Waals surface area contributed by atoms with Crippen molar-refractivity contribution in [3.8, 4) is 0 Å². The van der Waals surface area contributed by atoms with Crippen LogP contribution < -0.4 is 0 Å². The van der Waals surface area contributed by atoms with Crippen LogP contribution in [0, 0.1) is 0 Å². The van der Waals surface area contributed by atoms with E-state index in [1.807, 2.05) is 6.07 Å². The number of piperidine rings is 1. The van der Waals surface area contributed by atoms with E-state index in [4.69, 9.17) is 0 Å². The van der Waals surface area contributed by atoms with E-state index in [0.29, 0.717) is 12.0 Å². The van der Waals surface area contributed by atoms with Gasteiger partial charge in [0, 0.05) is 12.1 Å². The average Bonchev–Trinajstić information content (AvgIpc) is 2.51. The third-order valence-corrected chi connectivity index (χ3v) is 5.59. The summed E-state index contributed by atoms with van der Waals surface area (Å²) in [5, 5.41) is 10.8. The van der Waals surface area contributed by atoms with Gasteiger partial charge in [0.15, 0.2) is 0 Å².